The molecule has 0 aromatic heterocycles. The third-order valence-electron chi connectivity index (χ3n) is 1.50. The Morgan fingerprint density at radius 1 is 1.70 bits per heavy atom. The number of hydrogen-bond acceptors (Lipinski definition) is 3. The summed E-state index contributed by atoms with van der Waals surface area (Å²) in [7, 11) is 0. The van der Waals surface area contributed by atoms with E-state index in [2.05, 4.69) is 0 Å². The molecule has 1 aliphatic rings. The molecule has 4 nitrogen and oxygen atoms in total. The van der Waals surface area contributed by atoms with Crippen molar-refractivity contribution in [2.45, 2.75) is 18.6 Å². The summed E-state index contributed by atoms with van der Waals surface area (Å²) in [4.78, 5) is 10.4. The molecule has 0 aromatic carbocycles. The van der Waals surface area contributed by atoms with Gasteiger partial charge >= 0.3 is 5.97 Å². The zero-order valence-electron chi connectivity index (χ0n) is 5.20. The first-order valence-corrected chi connectivity index (χ1v) is 3.91. The van der Waals surface area contributed by atoms with E-state index in [0.717, 1.165) is 0 Å². The van der Waals surface area contributed by atoms with Gasteiger partial charge in [-0.3, -0.25) is 4.79 Å². The SMILES string of the molecule is O=C(O)[C@@H]1C[C@H](O)CN1I. The molecule has 0 bridgehead atoms. The summed E-state index contributed by atoms with van der Waals surface area (Å²) in [6, 6.07) is -0.504. The highest BCUT2D eigenvalue weighted by Gasteiger charge is 2.34. The van der Waals surface area contributed by atoms with Gasteiger partial charge in [0, 0.05) is 35.8 Å². The van der Waals surface area contributed by atoms with Crippen molar-refractivity contribution in [2.24, 2.45) is 0 Å². The van der Waals surface area contributed by atoms with Crippen molar-refractivity contribution in [3.05, 3.63) is 0 Å². The van der Waals surface area contributed by atoms with Crippen LogP contribution in [0, 0.1) is 0 Å². The van der Waals surface area contributed by atoms with E-state index >= 15 is 0 Å². The number of nitrogens with zero attached hydrogens (tertiary/aromatic N) is 1. The normalized spacial score (nSPS) is 34.6. The number of aliphatic hydroxyl groups is 1. The van der Waals surface area contributed by atoms with Crippen LogP contribution in [0.2, 0.25) is 0 Å². The first-order chi connectivity index (χ1) is 4.61. The molecule has 1 rings (SSSR count). The van der Waals surface area contributed by atoms with Crippen LogP contribution in [0.1, 0.15) is 6.42 Å². The van der Waals surface area contributed by atoms with Crippen LogP contribution in [0.25, 0.3) is 0 Å². The zero-order chi connectivity index (χ0) is 7.72. The van der Waals surface area contributed by atoms with E-state index in [1.165, 1.54) is 0 Å². The molecule has 2 N–H and O–H groups in total. The van der Waals surface area contributed by atoms with Crippen LogP contribution in [-0.2, 0) is 4.79 Å². The molecule has 0 spiro atoms. The van der Waals surface area contributed by atoms with Crippen molar-refractivity contribution >= 4 is 28.8 Å². The van der Waals surface area contributed by atoms with E-state index in [1.807, 2.05) is 22.9 Å². The molecule has 10 heavy (non-hydrogen) atoms. The number of carbonyl (C=O) groups is 1. The van der Waals surface area contributed by atoms with Crippen LogP contribution in [-0.4, -0.2) is 38.0 Å². The highest BCUT2D eigenvalue weighted by Crippen LogP contribution is 2.21. The standard InChI is InChI=1S/C5H8INO3/c6-7-2-3(8)1-4(7)5(9)10/h3-4,8H,1-2H2,(H,9,10)/t3-,4-/m0/s1. The van der Waals surface area contributed by atoms with Gasteiger partial charge in [-0.15, -0.1) is 0 Å². The lowest BCUT2D eigenvalue weighted by atomic mass is 10.2. The van der Waals surface area contributed by atoms with E-state index in [4.69, 9.17) is 10.2 Å². The van der Waals surface area contributed by atoms with Gasteiger partial charge in [-0.2, -0.15) is 0 Å². The fourth-order valence-corrected chi connectivity index (χ4v) is 1.92. The van der Waals surface area contributed by atoms with Crippen LogP contribution in [0.5, 0.6) is 0 Å². The van der Waals surface area contributed by atoms with E-state index in [-0.39, 0.29) is 0 Å². The molecular weight excluding hydrogens is 249 g/mol. The highest BCUT2D eigenvalue weighted by atomic mass is 127. The molecule has 1 saturated heterocycles. The van der Waals surface area contributed by atoms with E-state index in [9.17, 15) is 4.79 Å². The van der Waals surface area contributed by atoms with Gasteiger partial charge in [0.25, 0.3) is 0 Å². The number of hydrogen-bond donors (Lipinski definition) is 2. The minimum absolute atomic E-state index is 0.346. The summed E-state index contributed by atoms with van der Waals surface area (Å²) in [6.45, 7) is 0.456. The molecule has 0 unspecified atom stereocenters. The lowest BCUT2D eigenvalue weighted by Gasteiger charge is -2.10. The summed E-state index contributed by atoms with van der Waals surface area (Å²) in [5.74, 6) is -0.856. The molecule has 1 fully saturated rings. The number of rotatable bonds is 1. The molecular formula is C5H8INO3. The number of aliphatic hydroxyl groups excluding tert-OH is 1. The predicted octanol–water partition coefficient (Wildman–Crippen LogP) is -0.144. The predicted molar refractivity (Wildman–Crippen MR) is 42.8 cm³/mol. The van der Waals surface area contributed by atoms with Crippen molar-refractivity contribution in [3.8, 4) is 0 Å². The van der Waals surface area contributed by atoms with Crippen LogP contribution in [0.3, 0.4) is 0 Å². The number of aliphatic carboxylic acids is 1. The first-order valence-electron chi connectivity index (χ1n) is 2.94. The van der Waals surface area contributed by atoms with E-state index in [0.29, 0.717) is 13.0 Å². The summed E-state index contributed by atoms with van der Waals surface area (Å²) >= 11 is 1.92. The van der Waals surface area contributed by atoms with Gasteiger partial charge in [0.2, 0.25) is 0 Å². The van der Waals surface area contributed by atoms with Gasteiger partial charge in [0.15, 0.2) is 0 Å². The maximum atomic E-state index is 10.4. The van der Waals surface area contributed by atoms with E-state index < -0.39 is 18.1 Å². The molecule has 2 atom stereocenters. The number of β-amino-alcohol motifs (C(OH)–C–C–N with tert-alkyl or cyclic N) is 1. The van der Waals surface area contributed by atoms with Crippen LogP contribution in [0.15, 0.2) is 0 Å². The Hall–Kier alpha value is 0.120. The fraction of sp³-hybridized carbons (Fsp3) is 0.800. The van der Waals surface area contributed by atoms with Crippen molar-refractivity contribution in [2.75, 3.05) is 6.54 Å². The molecule has 0 saturated carbocycles. The van der Waals surface area contributed by atoms with Gasteiger partial charge in [-0.25, -0.2) is 3.11 Å². The largest absolute Gasteiger partial charge is 0.480 e. The van der Waals surface area contributed by atoms with Crippen LogP contribution < -0.4 is 0 Å². The van der Waals surface area contributed by atoms with Gasteiger partial charge < -0.3 is 10.2 Å². The number of carboxylic acids is 1. The molecule has 1 aliphatic heterocycles. The zero-order valence-corrected chi connectivity index (χ0v) is 7.35. The van der Waals surface area contributed by atoms with E-state index in [1.54, 1.807) is 3.11 Å². The van der Waals surface area contributed by atoms with Crippen LogP contribution >= 0.6 is 22.9 Å². The lowest BCUT2D eigenvalue weighted by Crippen LogP contribution is -2.27. The molecule has 5 heteroatoms. The second-order valence-corrected chi connectivity index (χ2v) is 3.57. The maximum absolute atomic E-state index is 10.4. The number of carboxylic acid groups (broad SMARTS) is 1. The Labute approximate surface area is 72.3 Å². The monoisotopic (exact) mass is 257 g/mol. The second-order valence-electron chi connectivity index (χ2n) is 2.33. The minimum Gasteiger partial charge on any atom is -0.480 e. The van der Waals surface area contributed by atoms with Gasteiger partial charge in [0.1, 0.15) is 6.04 Å². The molecule has 1 heterocycles. The average Bonchev–Trinajstić information content (AvgIpc) is 2.10. The molecule has 58 valence electrons. The molecule has 0 amide bonds. The fourth-order valence-electron chi connectivity index (χ4n) is 0.996. The minimum atomic E-state index is -0.856. The van der Waals surface area contributed by atoms with Crippen molar-refractivity contribution in [3.63, 3.8) is 0 Å². The topological polar surface area (TPSA) is 60.8 Å². The first kappa shape index (κ1) is 8.22. The molecule has 0 aromatic rings. The third kappa shape index (κ3) is 1.58. The summed E-state index contributed by atoms with van der Waals surface area (Å²) in [6.07, 6.45) is -0.129. The average molecular weight is 257 g/mol. The second kappa shape index (κ2) is 3.02. The summed E-state index contributed by atoms with van der Waals surface area (Å²) < 4.78 is 1.62. The number of halogens is 1. The van der Waals surface area contributed by atoms with Crippen molar-refractivity contribution < 1.29 is 15.0 Å². The Morgan fingerprint density at radius 2 is 2.30 bits per heavy atom. The Morgan fingerprint density at radius 3 is 2.50 bits per heavy atom. The van der Waals surface area contributed by atoms with Gasteiger partial charge in [-0.05, 0) is 0 Å². The highest BCUT2D eigenvalue weighted by molar-refractivity contribution is 14.1. The third-order valence-corrected chi connectivity index (χ3v) is 2.57. The van der Waals surface area contributed by atoms with Crippen LogP contribution in [0.4, 0.5) is 0 Å². The smallest absolute Gasteiger partial charge is 0.321 e. The van der Waals surface area contributed by atoms with Crippen molar-refractivity contribution in [1.29, 1.82) is 0 Å². The Bertz CT molecular complexity index is 152. The maximum Gasteiger partial charge on any atom is 0.321 e. The Balaban J connectivity index is 2.54. The van der Waals surface area contributed by atoms with Gasteiger partial charge in [-0.1, -0.05) is 0 Å². The lowest BCUT2D eigenvalue weighted by molar-refractivity contribution is -0.140. The molecule has 0 radical (unpaired) electrons. The van der Waals surface area contributed by atoms with Crippen molar-refractivity contribution in [1.82, 2.24) is 3.11 Å². The summed E-state index contributed by atoms with van der Waals surface area (Å²) in [5, 5.41) is 17.6. The quantitative estimate of drug-likeness (QED) is 0.507. The Kier molecular flexibility index (Phi) is 2.48. The summed E-state index contributed by atoms with van der Waals surface area (Å²) in [5.41, 5.74) is 0. The molecule has 0 aliphatic carbocycles. The van der Waals surface area contributed by atoms with Gasteiger partial charge in [0.05, 0.1) is 6.10 Å².